The number of rotatable bonds is 5. The smallest absolute Gasteiger partial charge is 0.419 e. The van der Waals surface area contributed by atoms with Crippen LogP contribution in [0, 0.1) is 0 Å². The summed E-state index contributed by atoms with van der Waals surface area (Å²) in [5, 5.41) is 0. The van der Waals surface area contributed by atoms with Crippen molar-refractivity contribution in [2.75, 3.05) is 4.72 Å². The summed E-state index contributed by atoms with van der Waals surface area (Å²) in [4.78, 5) is 19.5. The molecule has 0 atom stereocenters. The highest BCUT2D eigenvalue weighted by Crippen LogP contribution is 2.21. The van der Waals surface area contributed by atoms with Gasteiger partial charge < -0.3 is 9.15 Å². The molecule has 0 amide bonds. The first-order valence-corrected chi connectivity index (χ1v) is 9.58. The van der Waals surface area contributed by atoms with Crippen molar-refractivity contribution in [2.24, 2.45) is 7.05 Å². The van der Waals surface area contributed by atoms with Crippen molar-refractivity contribution in [3.63, 3.8) is 0 Å². The fourth-order valence-corrected chi connectivity index (χ4v) is 3.55. The molecule has 2 aromatic heterocycles. The van der Waals surface area contributed by atoms with Crippen molar-refractivity contribution in [2.45, 2.75) is 4.90 Å². The molecule has 4 aromatic rings. The van der Waals surface area contributed by atoms with E-state index in [0.717, 1.165) is 0 Å². The SMILES string of the molecule is Cn1c(=O)oc2ccc(S(=O)(=O)Nc3cnc(Oc4ccccc4)nc3)cc21. The number of anilines is 1. The third kappa shape index (κ3) is 3.45. The molecule has 28 heavy (non-hydrogen) atoms. The Bertz CT molecular complexity index is 1300. The van der Waals surface area contributed by atoms with Gasteiger partial charge in [-0.3, -0.25) is 9.29 Å². The minimum atomic E-state index is -3.91. The Balaban J connectivity index is 1.56. The molecule has 9 nitrogen and oxygen atoms in total. The topological polar surface area (TPSA) is 116 Å². The van der Waals surface area contributed by atoms with Gasteiger partial charge in [-0.25, -0.2) is 23.2 Å². The molecule has 10 heteroatoms. The van der Waals surface area contributed by atoms with Crippen LogP contribution in [0.15, 0.2) is 75.0 Å². The number of hydrogen-bond acceptors (Lipinski definition) is 7. The standard InChI is InChI=1S/C18H14N4O5S/c1-22-15-9-14(7-8-16(15)27-18(22)23)28(24,25)21-12-10-19-17(20-11-12)26-13-5-3-2-4-6-13/h2-11,21H,1H3. The maximum Gasteiger partial charge on any atom is 0.419 e. The van der Waals surface area contributed by atoms with Gasteiger partial charge in [-0.05, 0) is 30.3 Å². The molecule has 0 aliphatic carbocycles. The van der Waals surface area contributed by atoms with E-state index in [9.17, 15) is 13.2 Å². The molecular formula is C18H14N4O5S. The molecule has 142 valence electrons. The van der Waals surface area contributed by atoms with Crippen molar-refractivity contribution in [1.29, 1.82) is 0 Å². The number of para-hydroxylation sites is 1. The Labute approximate surface area is 159 Å². The van der Waals surface area contributed by atoms with E-state index in [1.165, 1.54) is 42.2 Å². The molecule has 0 unspecified atom stereocenters. The number of nitrogens with one attached hydrogen (secondary N) is 1. The van der Waals surface area contributed by atoms with Crippen LogP contribution in [0.2, 0.25) is 0 Å². The zero-order chi connectivity index (χ0) is 19.7. The van der Waals surface area contributed by atoms with Gasteiger partial charge in [0.2, 0.25) is 0 Å². The number of hydrogen-bond donors (Lipinski definition) is 1. The lowest BCUT2D eigenvalue weighted by molar-refractivity contribution is 0.442. The number of aromatic nitrogens is 3. The first-order valence-electron chi connectivity index (χ1n) is 8.10. The third-order valence-electron chi connectivity index (χ3n) is 3.91. The van der Waals surface area contributed by atoms with Crippen LogP contribution in [-0.4, -0.2) is 23.0 Å². The summed E-state index contributed by atoms with van der Waals surface area (Å²) in [6, 6.07) is 13.2. The van der Waals surface area contributed by atoms with Crippen LogP contribution in [0.25, 0.3) is 11.1 Å². The van der Waals surface area contributed by atoms with E-state index >= 15 is 0 Å². The van der Waals surface area contributed by atoms with Gasteiger partial charge in [0.15, 0.2) is 5.58 Å². The molecule has 0 radical (unpaired) electrons. The van der Waals surface area contributed by atoms with E-state index in [-0.39, 0.29) is 16.6 Å². The predicted molar refractivity (Wildman–Crippen MR) is 101 cm³/mol. The molecule has 0 aliphatic heterocycles. The Morgan fingerprint density at radius 3 is 2.50 bits per heavy atom. The monoisotopic (exact) mass is 398 g/mol. The second-order valence-corrected chi connectivity index (χ2v) is 7.51. The minimum Gasteiger partial charge on any atom is -0.424 e. The molecule has 2 heterocycles. The summed E-state index contributed by atoms with van der Waals surface area (Å²) < 4.78 is 39.3. The molecule has 1 N–H and O–H groups in total. The zero-order valence-electron chi connectivity index (χ0n) is 14.6. The van der Waals surface area contributed by atoms with Gasteiger partial charge in [0, 0.05) is 7.05 Å². The molecule has 0 aliphatic rings. The molecule has 0 saturated heterocycles. The highest BCUT2D eigenvalue weighted by molar-refractivity contribution is 7.92. The van der Waals surface area contributed by atoms with Crippen LogP contribution in [0.4, 0.5) is 5.69 Å². The van der Waals surface area contributed by atoms with Crippen molar-refractivity contribution in [3.8, 4) is 11.8 Å². The Hall–Kier alpha value is -3.66. The molecule has 0 bridgehead atoms. The number of ether oxygens (including phenoxy) is 1. The van der Waals surface area contributed by atoms with E-state index in [0.29, 0.717) is 16.8 Å². The van der Waals surface area contributed by atoms with Crippen molar-refractivity contribution in [1.82, 2.24) is 14.5 Å². The van der Waals surface area contributed by atoms with Crippen LogP contribution in [0.1, 0.15) is 0 Å². The number of fused-ring (bicyclic) bond motifs is 1. The van der Waals surface area contributed by atoms with Gasteiger partial charge in [-0.1, -0.05) is 18.2 Å². The molecular weight excluding hydrogens is 384 g/mol. The van der Waals surface area contributed by atoms with E-state index in [2.05, 4.69) is 14.7 Å². The first kappa shape index (κ1) is 17.7. The fourth-order valence-electron chi connectivity index (χ4n) is 2.50. The molecule has 0 fully saturated rings. The van der Waals surface area contributed by atoms with Crippen molar-refractivity contribution in [3.05, 3.63) is 71.5 Å². The predicted octanol–water partition coefficient (Wildman–Crippen LogP) is 2.51. The van der Waals surface area contributed by atoms with Gasteiger partial charge in [0.25, 0.3) is 10.0 Å². The quantitative estimate of drug-likeness (QED) is 0.549. The maximum atomic E-state index is 12.6. The normalized spacial score (nSPS) is 11.5. The van der Waals surface area contributed by atoms with Crippen LogP contribution in [0.3, 0.4) is 0 Å². The molecule has 2 aromatic carbocycles. The second kappa shape index (κ2) is 6.82. The fraction of sp³-hybridized carbons (Fsp3) is 0.0556. The Morgan fingerprint density at radius 1 is 1.07 bits per heavy atom. The number of aryl methyl sites for hydroxylation is 1. The largest absolute Gasteiger partial charge is 0.424 e. The van der Waals surface area contributed by atoms with Crippen LogP contribution in [-0.2, 0) is 17.1 Å². The summed E-state index contributed by atoms with van der Waals surface area (Å²) in [7, 11) is -2.41. The average molecular weight is 398 g/mol. The van der Waals surface area contributed by atoms with E-state index in [4.69, 9.17) is 9.15 Å². The third-order valence-corrected chi connectivity index (χ3v) is 5.28. The summed E-state index contributed by atoms with van der Waals surface area (Å²) in [5.41, 5.74) is 0.842. The van der Waals surface area contributed by atoms with Crippen molar-refractivity contribution >= 4 is 26.8 Å². The summed E-state index contributed by atoms with van der Waals surface area (Å²) in [6.45, 7) is 0. The number of benzene rings is 2. The van der Waals surface area contributed by atoms with Gasteiger partial charge in [0.05, 0.1) is 28.5 Å². The van der Waals surface area contributed by atoms with Crippen molar-refractivity contribution < 1.29 is 17.6 Å². The lowest BCUT2D eigenvalue weighted by Gasteiger charge is -2.08. The highest BCUT2D eigenvalue weighted by Gasteiger charge is 2.17. The van der Waals surface area contributed by atoms with E-state index in [1.807, 2.05) is 18.2 Å². The van der Waals surface area contributed by atoms with Crippen LogP contribution in [0.5, 0.6) is 11.8 Å². The minimum absolute atomic E-state index is 0.0268. The van der Waals surface area contributed by atoms with Crippen LogP contribution < -0.4 is 15.2 Å². The van der Waals surface area contributed by atoms with Gasteiger partial charge in [0.1, 0.15) is 5.75 Å². The lowest BCUT2D eigenvalue weighted by Crippen LogP contribution is -2.14. The van der Waals surface area contributed by atoms with Gasteiger partial charge in [-0.2, -0.15) is 0 Å². The highest BCUT2D eigenvalue weighted by atomic mass is 32.2. The van der Waals surface area contributed by atoms with Gasteiger partial charge >= 0.3 is 11.8 Å². The maximum absolute atomic E-state index is 12.6. The molecule has 0 saturated carbocycles. The lowest BCUT2D eigenvalue weighted by atomic mass is 10.3. The molecule has 0 spiro atoms. The number of nitrogens with zero attached hydrogens (tertiary/aromatic N) is 3. The van der Waals surface area contributed by atoms with Crippen LogP contribution >= 0.6 is 0 Å². The van der Waals surface area contributed by atoms with E-state index in [1.54, 1.807) is 12.1 Å². The summed E-state index contributed by atoms with van der Waals surface area (Å²) >= 11 is 0. The first-order chi connectivity index (χ1) is 13.4. The van der Waals surface area contributed by atoms with Gasteiger partial charge in [-0.15, -0.1) is 0 Å². The summed E-state index contributed by atoms with van der Waals surface area (Å²) in [5.74, 6) is -0.00484. The zero-order valence-corrected chi connectivity index (χ0v) is 15.4. The number of sulfonamides is 1. The number of oxazole rings is 1. The average Bonchev–Trinajstić information content (AvgIpc) is 2.97. The summed E-state index contributed by atoms with van der Waals surface area (Å²) in [6.07, 6.45) is 2.60. The van der Waals surface area contributed by atoms with E-state index < -0.39 is 15.8 Å². The molecule has 4 rings (SSSR count). The Morgan fingerprint density at radius 2 is 1.79 bits per heavy atom. The second-order valence-electron chi connectivity index (χ2n) is 5.83. The Kier molecular flexibility index (Phi) is 4.32.